The molecule has 1 unspecified atom stereocenters. The summed E-state index contributed by atoms with van der Waals surface area (Å²) in [4.78, 5) is 17.2. The van der Waals surface area contributed by atoms with E-state index in [1.54, 1.807) is 0 Å². The first-order valence-electron chi connectivity index (χ1n) is 11.4. The summed E-state index contributed by atoms with van der Waals surface area (Å²) in [5.74, 6) is -0.215. The van der Waals surface area contributed by atoms with Crippen molar-refractivity contribution >= 4 is 27.8 Å². The van der Waals surface area contributed by atoms with Gasteiger partial charge in [0.25, 0.3) is 0 Å². The fourth-order valence-corrected chi connectivity index (χ4v) is 5.03. The van der Waals surface area contributed by atoms with Crippen LogP contribution in [0.2, 0.25) is 0 Å². The van der Waals surface area contributed by atoms with Gasteiger partial charge in [-0.2, -0.15) is 0 Å². The third-order valence-electron chi connectivity index (χ3n) is 6.77. The molecule has 0 radical (unpaired) electrons. The van der Waals surface area contributed by atoms with Crippen LogP contribution in [0.25, 0.3) is 33.3 Å². The molecule has 3 aromatic carbocycles. The molecule has 0 aliphatic heterocycles. The Bertz CT molecular complexity index is 1600. The summed E-state index contributed by atoms with van der Waals surface area (Å²) in [6.45, 7) is 3.87. The van der Waals surface area contributed by atoms with Gasteiger partial charge in [-0.25, -0.2) is 4.98 Å². The third kappa shape index (κ3) is 3.94. The number of hydrogen-bond donors (Lipinski definition) is 0. The number of carboxylic acid groups (broad SMARTS) is 1. The quantitative estimate of drug-likeness (QED) is 0.377. The summed E-state index contributed by atoms with van der Waals surface area (Å²) < 4.78 is 12.5. The number of para-hydroxylation sites is 1. The van der Waals surface area contributed by atoms with Gasteiger partial charge in [-0.05, 0) is 61.6 Å². The summed E-state index contributed by atoms with van der Waals surface area (Å²) in [5.41, 5.74) is 6.00. The van der Waals surface area contributed by atoms with Crippen molar-refractivity contribution in [3.05, 3.63) is 94.5 Å². The molecule has 5 aromatic rings. The molecule has 2 heterocycles. The van der Waals surface area contributed by atoms with Gasteiger partial charge in [-0.15, -0.1) is 0 Å². The van der Waals surface area contributed by atoms with Crippen LogP contribution in [0.4, 0.5) is 0 Å². The van der Waals surface area contributed by atoms with Crippen LogP contribution in [-0.2, 0) is 6.42 Å². The molecule has 0 fully saturated rings. The average molecular weight is 471 g/mol. The van der Waals surface area contributed by atoms with Crippen LogP contribution in [0.3, 0.4) is 0 Å². The molecule has 35 heavy (non-hydrogen) atoms. The second kappa shape index (κ2) is 9.15. The molecule has 5 nitrogen and oxygen atoms in total. The van der Waals surface area contributed by atoms with E-state index in [-0.39, 0.29) is 41.2 Å². The second-order valence-electron chi connectivity index (χ2n) is 8.84. The van der Waals surface area contributed by atoms with Crippen molar-refractivity contribution in [1.29, 1.82) is 0 Å². The minimum absolute atomic E-state index is 0. The van der Waals surface area contributed by atoms with E-state index in [1.165, 1.54) is 11.6 Å². The zero-order valence-corrected chi connectivity index (χ0v) is 21.9. The largest absolute Gasteiger partial charge is 1.00 e. The SMILES string of the molecule is Cc1c(-c2cc(C(=O)[O-])c3c(OC4CCc5ccccc54)ccc(C)c3n2)oc2ccccc12.[Na+]. The number of benzene rings is 3. The Balaban J connectivity index is 0.00000253. The number of aromatic carboxylic acids is 1. The number of pyridine rings is 1. The molecule has 1 atom stereocenters. The van der Waals surface area contributed by atoms with E-state index in [2.05, 4.69) is 12.1 Å². The molecule has 0 spiro atoms. The minimum Gasteiger partial charge on any atom is -0.545 e. The molecule has 168 valence electrons. The summed E-state index contributed by atoms with van der Waals surface area (Å²) in [6.07, 6.45) is 1.65. The van der Waals surface area contributed by atoms with Crippen molar-refractivity contribution in [2.24, 2.45) is 0 Å². The van der Waals surface area contributed by atoms with E-state index >= 15 is 0 Å². The summed E-state index contributed by atoms with van der Waals surface area (Å²) >= 11 is 0. The predicted molar refractivity (Wildman–Crippen MR) is 129 cm³/mol. The Labute approximate surface area is 225 Å². The van der Waals surface area contributed by atoms with Crippen LogP contribution in [-0.4, -0.2) is 11.0 Å². The van der Waals surface area contributed by atoms with E-state index in [0.717, 1.165) is 40.5 Å². The van der Waals surface area contributed by atoms with Gasteiger partial charge in [0, 0.05) is 16.5 Å². The Morgan fingerprint density at radius 1 is 1.06 bits per heavy atom. The number of hydrogen-bond acceptors (Lipinski definition) is 5. The molecule has 1 aliphatic rings. The standard InChI is InChI=1S/C29H23NO4.Na/c1-16-11-13-25(33-24-14-12-18-7-3-4-9-20(18)24)26-21(29(31)32)15-22(30-27(16)26)28-17(2)19-8-5-6-10-23(19)34-28;/h3-11,13,15,24H,12,14H2,1-2H3,(H,31,32);/q;+1/p-1. The van der Waals surface area contributed by atoms with Crippen LogP contribution in [0, 0.1) is 13.8 Å². The monoisotopic (exact) mass is 471 g/mol. The van der Waals surface area contributed by atoms with Gasteiger partial charge in [-0.1, -0.05) is 48.5 Å². The maximum atomic E-state index is 12.3. The summed E-state index contributed by atoms with van der Waals surface area (Å²) in [6, 6.07) is 21.2. The van der Waals surface area contributed by atoms with E-state index < -0.39 is 5.97 Å². The number of nitrogens with zero attached hydrogens (tertiary/aromatic N) is 1. The number of aromatic nitrogens is 1. The number of carbonyl (C=O) groups excluding carboxylic acids is 1. The molecular weight excluding hydrogens is 449 g/mol. The van der Waals surface area contributed by atoms with Gasteiger partial charge in [0.05, 0.1) is 16.9 Å². The number of carboxylic acids is 1. The van der Waals surface area contributed by atoms with Crippen molar-refractivity contribution in [1.82, 2.24) is 4.98 Å². The number of fused-ring (bicyclic) bond motifs is 3. The minimum atomic E-state index is -1.27. The summed E-state index contributed by atoms with van der Waals surface area (Å²) in [7, 11) is 0. The molecule has 0 amide bonds. The number of aryl methyl sites for hydroxylation is 3. The fourth-order valence-electron chi connectivity index (χ4n) is 5.03. The van der Waals surface area contributed by atoms with Crippen LogP contribution < -0.4 is 39.4 Å². The Kier molecular flexibility index (Phi) is 6.18. The van der Waals surface area contributed by atoms with Gasteiger partial charge in [0.2, 0.25) is 0 Å². The molecule has 6 heteroatoms. The van der Waals surface area contributed by atoms with Crippen molar-refractivity contribution < 1.29 is 48.6 Å². The van der Waals surface area contributed by atoms with Crippen LogP contribution in [0.15, 0.2) is 71.1 Å². The van der Waals surface area contributed by atoms with E-state index in [9.17, 15) is 9.90 Å². The number of rotatable bonds is 4. The van der Waals surface area contributed by atoms with Crippen molar-refractivity contribution in [3.8, 4) is 17.2 Å². The molecule has 0 bridgehead atoms. The normalized spacial score (nSPS) is 14.6. The van der Waals surface area contributed by atoms with Crippen LogP contribution in [0.5, 0.6) is 5.75 Å². The number of furan rings is 1. The van der Waals surface area contributed by atoms with E-state index in [4.69, 9.17) is 14.1 Å². The van der Waals surface area contributed by atoms with E-state index in [0.29, 0.717) is 28.1 Å². The Hall–Kier alpha value is -3.12. The molecule has 6 rings (SSSR count). The smallest absolute Gasteiger partial charge is 0.545 e. The van der Waals surface area contributed by atoms with Crippen molar-refractivity contribution in [2.75, 3.05) is 0 Å². The maximum absolute atomic E-state index is 12.3. The van der Waals surface area contributed by atoms with Crippen molar-refractivity contribution in [3.63, 3.8) is 0 Å². The first-order chi connectivity index (χ1) is 16.5. The molecule has 0 saturated carbocycles. The summed E-state index contributed by atoms with van der Waals surface area (Å²) in [5, 5.41) is 13.8. The van der Waals surface area contributed by atoms with Crippen LogP contribution >= 0.6 is 0 Å². The molecule has 0 saturated heterocycles. The topological polar surface area (TPSA) is 75.4 Å². The predicted octanol–water partition coefficient (Wildman–Crippen LogP) is 2.70. The third-order valence-corrected chi connectivity index (χ3v) is 6.77. The molecular formula is C29H22NNaO4. The Morgan fingerprint density at radius 3 is 2.63 bits per heavy atom. The number of carbonyl (C=O) groups is 1. The van der Waals surface area contributed by atoms with Crippen molar-refractivity contribution in [2.45, 2.75) is 32.8 Å². The van der Waals surface area contributed by atoms with Crippen LogP contribution in [0.1, 0.15) is 45.1 Å². The van der Waals surface area contributed by atoms with Gasteiger partial charge < -0.3 is 19.1 Å². The van der Waals surface area contributed by atoms with Gasteiger partial charge in [-0.3, -0.25) is 0 Å². The molecule has 0 N–H and O–H groups in total. The van der Waals surface area contributed by atoms with E-state index in [1.807, 2.05) is 62.4 Å². The van der Waals surface area contributed by atoms with Gasteiger partial charge in [0.15, 0.2) is 5.76 Å². The zero-order valence-electron chi connectivity index (χ0n) is 19.9. The second-order valence-corrected chi connectivity index (χ2v) is 8.84. The Morgan fingerprint density at radius 2 is 1.83 bits per heavy atom. The fraction of sp³-hybridized carbons (Fsp3) is 0.172. The molecule has 1 aliphatic carbocycles. The number of ether oxygens (including phenoxy) is 1. The first-order valence-corrected chi connectivity index (χ1v) is 11.4. The average Bonchev–Trinajstić information content (AvgIpc) is 3.41. The van der Waals surface area contributed by atoms with Gasteiger partial charge in [0.1, 0.15) is 23.1 Å². The van der Waals surface area contributed by atoms with Gasteiger partial charge >= 0.3 is 29.6 Å². The maximum Gasteiger partial charge on any atom is 1.00 e. The molecule has 2 aromatic heterocycles. The zero-order chi connectivity index (χ0) is 23.4. The first kappa shape index (κ1) is 23.6.